The molecule has 0 radical (unpaired) electrons. The number of hydrogen-bond donors (Lipinski definition) is 0. The van der Waals surface area contributed by atoms with Gasteiger partial charge in [-0.15, -0.1) is 0 Å². The standard InChI is InChI=1S/C70H48/c1-5-21-43(22-6-1)49-31-15-17-33-51(49)63-53-35-19-20-36-54(53)64(52-34-18-16-32-50(52)44-23-7-2-8-24-44)70-58-40-38-56-65-55(37-39-57(66(58)65)69(63)70)67-61(45-25-9-3-10-26-45)59-41-47-29-13-14-30-48(47)42-60(59)62(68(56)67)46-27-11-4-12-28-46/h1-5,7,9-21,23,25-42,65-66H,6,8,22,24H2. The van der Waals surface area contributed by atoms with Gasteiger partial charge in [0.2, 0.25) is 0 Å². The monoisotopic (exact) mass is 888 g/mol. The lowest BCUT2D eigenvalue weighted by molar-refractivity contribution is 0.759. The third-order valence-corrected chi connectivity index (χ3v) is 16.3. The van der Waals surface area contributed by atoms with Gasteiger partial charge in [0.05, 0.1) is 0 Å². The summed E-state index contributed by atoms with van der Waals surface area (Å²) in [4.78, 5) is 0. The van der Waals surface area contributed by atoms with E-state index < -0.39 is 0 Å². The molecular weight excluding hydrogens is 841 g/mol. The second-order valence-corrected chi connectivity index (χ2v) is 19.9. The van der Waals surface area contributed by atoms with E-state index in [9.17, 15) is 0 Å². The SMILES string of the molecule is C1=CCCC(c2ccccc2-c2c3c(c(-c4ccccc4C4=CC=CCC4)c4ccccc24)C2=CC=C4c5c(c(-c6ccccc6)c6cc7ccccc7cc6c5-c5ccccc5)C5=CC=C3C2C54)=C1. The minimum atomic E-state index is 0.138. The molecular formula is C70H48. The van der Waals surface area contributed by atoms with E-state index in [0.717, 1.165) is 25.7 Å². The Morgan fingerprint density at radius 3 is 1.04 bits per heavy atom. The molecule has 9 aromatic rings. The van der Waals surface area contributed by atoms with E-state index in [1.165, 1.54) is 144 Å². The Morgan fingerprint density at radius 2 is 0.643 bits per heavy atom. The summed E-state index contributed by atoms with van der Waals surface area (Å²) in [5, 5.41) is 7.78. The van der Waals surface area contributed by atoms with E-state index in [1.807, 2.05) is 0 Å². The Morgan fingerprint density at radius 1 is 0.286 bits per heavy atom. The third kappa shape index (κ3) is 5.71. The maximum atomic E-state index is 2.56. The Labute approximate surface area is 409 Å². The molecule has 0 N–H and O–H groups in total. The fourth-order valence-electron chi connectivity index (χ4n) is 13.5. The minimum Gasteiger partial charge on any atom is -0.0842 e. The Balaban J connectivity index is 1.08. The van der Waals surface area contributed by atoms with Gasteiger partial charge in [-0.25, -0.2) is 0 Å². The van der Waals surface area contributed by atoms with Crippen LogP contribution in [0.3, 0.4) is 0 Å². The molecule has 0 atom stereocenters. The van der Waals surface area contributed by atoms with Gasteiger partial charge in [-0.1, -0.05) is 218 Å². The third-order valence-electron chi connectivity index (χ3n) is 16.3. The molecule has 6 aliphatic rings. The van der Waals surface area contributed by atoms with Crippen LogP contribution in [-0.2, 0) is 0 Å². The largest absolute Gasteiger partial charge is 0.0842 e. The molecule has 0 spiro atoms. The highest BCUT2D eigenvalue weighted by atomic mass is 14.5. The first-order valence-electron chi connectivity index (χ1n) is 25.3. The van der Waals surface area contributed by atoms with Crippen LogP contribution in [0.25, 0.3) is 110 Å². The summed E-state index contributed by atoms with van der Waals surface area (Å²) in [6.45, 7) is 0. The van der Waals surface area contributed by atoms with Crippen molar-refractivity contribution in [3.8, 4) is 44.5 Å². The van der Waals surface area contributed by atoms with Gasteiger partial charge in [-0.3, -0.25) is 0 Å². The van der Waals surface area contributed by atoms with E-state index in [2.05, 4.69) is 231 Å². The van der Waals surface area contributed by atoms with E-state index in [1.54, 1.807) is 0 Å². The highest BCUT2D eigenvalue weighted by molar-refractivity contribution is 6.25. The summed E-state index contributed by atoms with van der Waals surface area (Å²) in [6, 6.07) is 64.3. The van der Waals surface area contributed by atoms with Gasteiger partial charge >= 0.3 is 0 Å². The van der Waals surface area contributed by atoms with Crippen LogP contribution >= 0.6 is 0 Å². The Kier molecular flexibility index (Phi) is 8.84. The van der Waals surface area contributed by atoms with Crippen molar-refractivity contribution in [1.82, 2.24) is 0 Å². The second-order valence-electron chi connectivity index (χ2n) is 19.9. The summed E-state index contributed by atoms with van der Waals surface area (Å²) in [5.74, 6) is 0.282. The molecule has 0 bridgehead atoms. The van der Waals surface area contributed by atoms with Crippen LogP contribution in [0.4, 0.5) is 0 Å². The first-order chi connectivity index (χ1) is 34.8. The summed E-state index contributed by atoms with van der Waals surface area (Å²) in [7, 11) is 0. The van der Waals surface area contributed by atoms with Gasteiger partial charge < -0.3 is 0 Å². The molecule has 6 aliphatic carbocycles. The molecule has 0 unspecified atom stereocenters. The number of benzene rings is 9. The topological polar surface area (TPSA) is 0 Å². The molecule has 0 heteroatoms. The smallest absolute Gasteiger partial charge is 0.0212 e. The van der Waals surface area contributed by atoms with Crippen LogP contribution in [0.1, 0.15) is 59.1 Å². The van der Waals surface area contributed by atoms with Gasteiger partial charge in [0, 0.05) is 11.8 Å². The van der Waals surface area contributed by atoms with E-state index in [0.29, 0.717) is 0 Å². The predicted octanol–water partition coefficient (Wildman–Crippen LogP) is 18.8. The van der Waals surface area contributed by atoms with Crippen molar-refractivity contribution in [3.05, 3.63) is 264 Å². The molecule has 0 nitrogen and oxygen atoms in total. The minimum absolute atomic E-state index is 0.138. The second kappa shape index (κ2) is 15.6. The molecule has 0 fully saturated rings. The van der Waals surface area contributed by atoms with E-state index in [-0.39, 0.29) is 11.8 Å². The maximum Gasteiger partial charge on any atom is 0.0212 e. The molecule has 9 aromatic carbocycles. The quantitative estimate of drug-likeness (QED) is 0.146. The van der Waals surface area contributed by atoms with Crippen molar-refractivity contribution in [1.29, 1.82) is 0 Å². The van der Waals surface area contributed by atoms with Crippen molar-refractivity contribution >= 4 is 65.8 Å². The highest BCUT2D eigenvalue weighted by Crippen LogP contribution is 2.69. The molecule has 0 saturated heterocycles. The first kappa shape index (κ1) is 39.7. The summed E-state index contributed by atoms with van der Waals surface area (Å²) < 4.78 is 0. The molecule has 0 amide bonds. The number of fused-ring (bicyclic) bond motifs is 9. The molecule has 0 heterocycles. The van der Waals surface area contributed by atoms with Crippen LogP contribution in [0.2, 0.25) is 0 Å². The van der Waals surface area contributed by atoms with Crippen LogP contribution < -0.4 is 0 Å². The van der Waals surface area contributed by atoms with E-state index in [4.69, 9.17) is 0 Å². The first-order valence-corrected chi connectivity index (χ1v) is 25.3. The molecule has 0 aromatic heterocycles. The summed E-state index contributed by atoms with van der Waals surface area (Å²) in [6.07, 6.45) is 28.2. The summed E-state index contributed by atoms with van der Waals surface area (Å²) >= 11 is 0. The number of hydrogen-bond acceptors (Lipinski definition) is 0. The molecule has 15 rings (SSSR count). The van der Waals surface area contributed by atoms with Gasteiger partial charge in [0.1, 0.15) is 0 Å². The molecule has 0 saturated carbocycles. The van der Waals surface area contributed by atoms with Crippen molar-refractivity contribution in [3.63, 3.8) is 0 Å². The zero-order chi connectivity index (χ0) is 45.9. The zero-order valence-electron chi connectivity index (χ0n) is 38.9. The Bertz CT molecular complexity index is 3760. The maximum absolute atomic E-state index is 2.56. The van der Waals surface area contributed by atoms with E-state index >= 15 is 0 Å². The fraction of sp³-hybridized carbons (Fsp3) is 0.0857. The Hall–Kier alpha value is -8.32. The van der Waals surface area contributed by atoms with Crippen molar-refractivity contribution in [2.24, 2.45) is 11.8 Å². The van der Waals surface area contributed by atoms with Crippen molar-refractivity contribution in [2.45, 2.75) is 25.7 Å². The lowest BCUT2D eigenvalue weighted by atomic mass is 9.71. The average Bonchev–Trinajstić information content (AvgIpc) is 3.94. The zero-order valence-corrected chi connectivity index (χ0v) is 38.9. The van der Waals surface area contributed by atoms with Crippen molar-refractivity contribution < 1.29 is 0 Å². The average molecular weight is 889 g/mol. The number of allylic oxidation sites excluding steroid dienone is 16. The van der Waals surface area contributed by atoms with Crippen LogP contribution in [0.5, 0.6) is 0 Å². The predicted molar refractivity (Wildman–Crippen MR) is 299 cm³/mol. The summed E-state index contributed by atoms with van der Waals surface area (Å²) in [5.41, 5.74) is 27.4. The van der Waals surface area contributed by atoms with Gasteiger partial charge in [-0.2, -0.15) is 0 Å². The van der Waals surface area contributed by atoms with Crippen LogP contribution in [0, 0.1) is 11.8 Å². The van der Waals surface area contributed by atoms with Crippen molar-refractivity contribution in [2.75, 3.05) is 0 Å². The van der Waals surface area contributed by atoms with Gasteiger partial charge in [0.15, 0.2) is 0 Å². The lowest BCUT2D eigenvalue weighted by Gasteiger charge is -2.31. The fourth-order valence-corrected chi connectivity index (χ4v) is 13.5. The van der Waals surface area contributed by atoms with Gasteiger partial charge in [0.25, 0.3) is 0 Å². The normalized spacial score (nSPS) is 18.2. The molecule has 70 heavy (non-hydrogen) atoms. The highest BCUT2D eigenvalue weighted by Gasteiger charge is 2.51. The number of rotatable bonds is 6. The lowest BCUT2D eigenvalue weighted by Crippen LogP contribution is -2.18. The molecule has 0 aliphatic heterocycles. The molecule has 328 valence electrons. The van der Waals surface area contributed by atoms with Gasteiger partial charge in [-0.05, 0) is 181 Å². The van der Waals surface area contributed by atoms with Crippen LogP contribution in [-0.4, -0.2) is 0 Å². The van der Waals surface area contributed by atoms with Crippen LogP contribution in [0.15, 0.2) is 231 Å².